The van der Waals surface area contributed by atoms with E-state index in [2.05, 4.69) is 0 Å². The van der Waals surface area contributed by atoms with E-state index in [4.69, 9.17) is 5.11 Å². The fourth-order valence-corrected chi connectivity index (χ4v) is 2.00. The first-order valence-electron chi connectivity index (χ1n) is 4.50. The fourth-order valence-electron chi connectivity index (χ4n) is 1.10. The summed E-state index contributed by atoms with van der Waals surface area (Å²) in [6.45, 7) is 1.06. The van der Waals surface area contributed by atoms with E-state index >= 15 is 0 Å². The van der Waals surface area contributed by atoms with Crippen molar-refractivity contribution in [2.75, 3.05) is 13.6 Å². The van der Waals surface area contributed by atoms with E-state index < -0.39 is 5.97 Å². The van der Waals surface area contributed by atoms with E-state index in [1.807, 2.05) is 0 Å². The van der Waals surface area contributed by atoms with Crippen molar-refractivity contribution in [3.63, 3.8) is 0 Å². The van der Waals surface area contributed by atoms with Gasteiger partial charge in [0.25, 0.3) is 5.91 Å². The third kappa shape index (κ3) is 2.90. The molecule has 1 rings (SSSR count). The zero-order valence-corrected chi connectivity index (χ0v) is 9.71. The van der Waals surface area contributed by atoms with E-state index in [0.717, 1.165) is 16.2 Å². The second-order valence-corrected chi connectivity index (χ2v) is 4.36. The van der Waals surface area contributed by atoms with Gasteiger partial charge in [-0.3, -0.25) is 14.4 Å². The lowest BCUT2D eigenvalue weighted by molar-refractivity contribution is -0.137. The highest BCUT2D eigenvalue weighted by atomic mass is 32.1. The Labute approximate surface area is 96.3 Å². The summed E-state index contributed by atoms with van der Waals surface area (Å²) < 4.78 is 0. The molecule has 6 heteroatoms. The largest absolute Gasteiger partial charge is 0.480 e. The Balaban J connectivity index is 2.80. The van der Waals surface area contributed by atoms with Gasteiger partial charge < -0.3 is 10.0 Å². The zero-order valence-electron chi connectivity index (χ0n) is 8.89. The van der Waals surface area contributed by atoms with Gasteiger partial charge in [0.2, 0.25) is 0 Å². The summed E-state index contributed by atoms with van der Waals surface area (Å²) in [5.41, 5.74) is 0. The molecule has 1 aromatic heterocycles. The second-order valence-electron chi connectivity index (χ2n) is 3.28. The molecule has 0 aliphatic rings. The van der Waals surface area contributed by atoms with Crippen molar-refractivity contribution in [3.05, 3.63) is 21.9 Å². The lowest BCUT2D eigenvalue weighted by Gasteiger charge is -2.12. The summed E-state index contributed by atoms with van der Waals surface area (Å²) in [5.74, 6) is -1.57. The van der Waals surface area contributed by atoms with Gasteiger partial charge in [0.15, 0.2) is 5.78 Å². The first kappa shape index (κ1) is 12.4. The van der Waals surface area contributed by atoms with Gasteiger partial charge in [-0.2, -0.15) is 0 Å². The molecule has 0 bridgehead atoms. The number of carboxylic acid groups (broad SMARTS) is 1. The molecule has 86 valence electrons. The second kappa shape index (κ2) is 4.89. The summed E-state index contributed by atoms with van der Waals surface area (Å²) in [6.07, 6.45) is 0. The van der Waals surface area contributed by atoms with Crippen LogP contribution in [0.4, 0.5) is 0 Å². The van der Waals surface area contributed by atoms with Gasteiger partial charge >= 0.3 is 5.97 Å². The van der Waals surface area contributed by atoms with Crippen LogP contribution in [0.25, 0.3) is 0 Å². The Kier molecular flexibility index (Phi) is 3.78. The average Bonchev–Trinajstić information content (AvgIpc) is 2.64. The SMILES string of the molecule is CC(=O)c1ccc(C(=O)N(C)CC(=O)O)s1. The third-order valence-corrected chi connectivity index (χ3v) is 3.06. The van der Waals surface area contributed by atoms with E-state index in [9.17, 15) is 14.4 Å². The van der Waals surface area contributed by atoms with Crippen LogP contribution in [0.15, 0.2) is 12.1 Å². The molecule has 1 amide bonds. The van der Waals surface area contributed by atoms with Gasteiger partial charge in [0, 0.05) is 7.05 Å². The number of hydrogen-bond acceptors (Lipinski definition) is 4. The predicted octanol–water partition coefficient (Wildman–Crippen LogP) is 1.11. The molecule has 0 saturated heterocycles. The molecule has 16 heavy (non-hydrogen) atoms. The number of carboxylic acids is 1. The zero-order chi connectivity index (χ0) is 12.3. The van der Waals surface area contributed by atoms with Crippen molar-refractivity contribution in [2.24, 2.45) is 0 Å². The number of carbonyl (C=O) groups excluding carboxylic acids is 2. The molecule has 1 N–H and O–H groups in total. The number of ketones is 1. The maximum Gasteiger partial charge on any atom is 0.323 e. The Morgan fingerprint density at radius 1 is 1.31 bits per heavy atom. The Morgan fingerprint density at radius 2 is 1.88 bits per heavy atom. The number of Topliss-reactive ketones (excluding diaryl/α,β-unsaturated/α-hetero) is 1. The summed E-state index contributed by atoms with van der Waals surface area (Å²) >= 11 is 1.07. The van der Waals surface area contributed by atoms with Crippen LogP contribution in [-0.4, -0.2) is 41.3 Å². The van der Waals surface area contributed by atoms with Crippen molar-refractivity contribution in [3.8, 4) is 0 Å². The quantitative estimate of drug-likeness (QED) is 0.801. The molecule has 0 spiro atoms. The lowest BCUT2D eigenvalue weighted by atomic mass is 10.3. The molecule has 0 atom stereocenters. The molecule has 0 aliphatic carbocycles. The Bertz CT molecular complexity index is 438. The van der Waals surface area contributed by atoms with Crippen LogP contribution < -0.4 is 0 Å². The minimum atomic E-state index is -1.07. The molecule has 0 unspecified atom stereocenters. The molecule has 1 heterocycles. The molecule has 0 saturated carbocycles. The van der Waals surface area contributed by atoms with E-state index in [1.165, 1.54) is 20.0 Å². The van der Waals surface area contributed by atoms with E-state index in [-0.39, 0.29) is 18.2 Å². The van der Waals surface area contributed by atoms with E-state index in [1.54, 1.807) is 6.07 Å². The molecule has 0 aliphatic heterocycles. The third-order valence-electron chi connectivity index (χ3n) is 1.88. The van der Waals surface area contributed by atoms with Gasteiger partial charge in [-0.15, -0.1) is 11.3 Å². The summed E-state index contributed by atoms with van der Waals surface area (Å²) in [7, 11) is 1.41. The van der Waals surface area contributed by atoms with Crippen molar-refractivity contribution < 1.29 is 19.5 Å². The van der Waals surface area contributed by atoms with Crippen molar-refractivity contribution in [2.45, 2.75) is 6.92 Å². The minimum Gasteiger partial charge on any atom is -0.480 e. The molecular formula is C10H11NO4S. The minimum absolute atomic E-state index is 0.107. The topological polar surface area (TPSA) is 74.7 Å². The smallest absolute Gasteiger partial charge is 0.323 e. The standard InChI is InChI=1S/C10H11NO4S/c1-6(12)7-3-4-8(16-7)10(15)11(2)5-9(13)14/h3-4H,5H2,1-2H3,(H,13,14). The molecule has 5 nitrogen and oxygen atoms in total. The van der Waals surface area contributed by atoms with Crippen LogP contribution in [-0.2, 0) is 4.79 Å². The van der Waals surface area contributed by atoms with Crippen LogP contribution in [0, 0.1) is 0 Å². The number of nitrogens with zero attached hydrogens (tertiary/aromatic N) is 1. The first-order chi connectivity index (χ1) is 7.41. The summed E-state index contributed by atoms with van der Waals surface area (Å²) in [4.78, 5) is 35.1. The lowest BCUT2D eigenvalue weighted by Crippen LogP contribution is -2.31. The molecule has 0 fully saturated rings. The number of thiophene rings is 1. The van der Waals surface area contributed by atoms with Gasteiger partial charge in [0.1, 0.15) is 6.54 Å². The predicted molar refractivity (Wildman–Crippen MR) is 58.9 cm³/mol. The van der Waals surface area contributed by atoms with Gasteiger partial charge in [0.05, 0.1) is 9.75 Å². The number of aliphatic carboxylic acids is 1. The first-order valence-corrected chi connectivity index (χ1v) is 5.31. The number of amides is 1. The molecule has 1 aromatic rings. The monoisotopic (exact) mass is 241 g/mol. The van der Waals surface area contributed by atoms with Gasteiger partial charge in [-0.1, -0.05) is 0 Å². The highest BCUT2D eigenvalue weighted by molar-refractivity contribution is 7.15. The molecular weight excluding hydrogens is 230 g/mol. The highest BCUT2D eigenvalue weighted by Gasteiger charge is 2.17. The number of carbonyl (C=O) groups is 3. The Hall–Kier alpha value is -1.69. The average molecular weight is 241 g/mol. The van der Waals surface area contributed by atoms with E-state index in [0.29, 0.717) is 9.75 Å². The number of rotatable bonds is 4. The van der Waals surface area contributed by atoms with Crippen LogP contribution in [0.5, 0.6) is 0 Å². The van der Waals surface area contributed by atoms with Crippen LogP contribution in [0.2, 0.25) is 0 Å². The van der Waals surface area contributed by atoms with Crippen molar-refractivity contribution in [1.29, 1.82) is 0 Å². The molecule has 0 radical (unpaired) electrons. The normalized spacial score (nSPS) is 9.88. The van der Waals surface area contributed by atoms with Crippen molar-refractivity contribution >= 4 is 29.0 Å². The van der Waals surface area contributed by atoms with Crippen LogP contribution >= 0.6 is 11.3 Å². The number of hydrogen-bond donors (Lipinski definition) is 1. The number of likely N-dealkylation sites (N-methyl/N-ethyl adjacent to an activating group) is 1. The maximum absolute atomic E-state index is 11.7. The van der Waals surface area contributed by atoms with Crippen molar-refractivity contribution in [1.82, 2.24) is 4.90 Å². The fraction of sp³-hybridized carbons (Fsp3) is 0.300. The maximum atomic E-state index is 11.7. The Morgan fingerprint density at radius 3 is 2.31 bits per heavy atom. The summed E-state index contributed by atoms with van der Waals surface area (Å²) in [6, 6.07) is 3.09. The van der Waals surface area contributed by atoms with Gasteiger partial charge in [-0.25, -0.2) is 0 Å². The van der Waals surface area contributed by atoms with Crippen LogP contribution in [0.1, 0.15) is 26.3 Å². The summed E-state index contributed by atoms with van der Waals surface area (Å²) in [5, 5.41) is 8.53. The van der Waals surface area contributed by atoms with Gasteiger partial charge in [-0.05, 0) is 19.1 Å². The highest BCUT2D eigenvalue weighted by Crippen LogP contribution is 2.18. The van der Waals surface area contributed by atoms with Crippen LogP contribution in [0.3, 0.4) is 0 Å². The molecule has 0 aromatic carbocycles.